The van der Waals surface area contributed by atoms with Gasteiger partial charge in [0.1, 0.15) is 21.7 Å². The fourth-order valence-corrected chi connectivity index (χ4v) is 3.99. The van der Waals surface area contributed by atoms with Crippen LogP contribution in [0.4, 0.5) is 5.13 Å². The normalized spacial score (nSPS) is 10.8. The van der Waals surface area contributed by atoms with Gasteiger partial charge in [0.2, 0.25) is 0 Å². The highest BCUT2D eigenvalue weighted by Crippen LogP contribution is 2.40. The van der Waals surface area contributed by atoms with Crippen molar-refractivity contribution in [3.8, 4) is 11.5 Å². The molecule has 10 heteroatoms. The number of aromatic nitrogens is 3. The quantitative estimate of drug-likeness (QED) is 0.537. The molecule has 8 nitrogen and oxygen atoms in total. The van der Waals surface area contributed by atoms with E-state index in [0.29, 0.717) is 34.4 Å². The molecule has 0 fully saturated rings. The highest BCUT2D eigenvalue weighted by molar-refractivity contribution is 7.22. The summed E-state index contributed by atoms with van der Waals surface area (Å²) in [6, 6.07) is 5.39. The highest BCUT2D eigenvalue weighted by Gasteiger charge is 2.24. The Hall–Kier alpha value is -2.36. The Morgan fingerprint density at radius 2 is 1.83 bits per heavy atom. The molecule has 0 bridgehead atoms. The molecule has 2 aromatic heterocycles. The van der Waals surface area contributed by atoms with Crippen LogP contribution in [0.3, 0.4) is 0 Å². The average Bonchev–Trinajstić information content (AvgIpc) is 3.30. The minimum absolute atomic E-state index is 0. The Morgan fingerprint density at radius 1 is 1.14 bits per heavy atom. The van der Waals surface area contributed by atoms with Crippen molar-refractivity contribution in [2.75, 3.05) is 46.3 Å². The van der Waals surface area contributed by atoms with E-state index in [1.54, 1.807) is 43.1 Å². The predicted molar refractivity (Wildman–Crippen MR) is 118 cm³/mol. The van der Waals surface area contributed by atoms with Crippen LogP contribution in [-0.2, 0) is 7.05 Å². The van der Waals surface area contributed by atoms with E-state index in [4.69, 9.17) is 14.5 Å². The number of ether oxygens (including phenoxy) is 2. The van der Waals surface area contributed by atoms with E-state index in [0.717, 1.165) is 17.7 Å². The zero-order chi connectivity index (χ0) is 20.3. The van der Waals surface area contributed by atoms with Crippen molar-refractivity contribution in [2.24, 2.45) is 7.05 Å². The van der Waals surface area contributed by atoms with E-state index in [9.17, 15) is 4.79 Å². The van der Waals surface area contributed by atoms with Crippen molar-refractivity contribution >= 4 is 45.0 Å². The number of hydrogen-bond donors (Lipinski definition) is 0. The summed E-state index contributed by atoms with van der Waals surface area (Å²) in [5.41, 5.74) is 1.08. The lowest BCUT2D eigenvalue weighted by atomic mass is 10.3. The minimum Gasteiger partial charge on any atom is -0.495 e. The van der Waals surface area contributed by atoms with Gasteiger partial charge in [-0.1, -0.05) is 11.3 Å². The summed E-state index contributed by atoms with van der Waals surface area (Å²) in [4.78, 5) is 21.7. The molecule has 3 rings (SSSR count). The number of thiazole rings is 1. The molecule has 0 atom stereocenters. The van der Waals surface area contributed by atoms with Gasteiger partial charge in [-0.3, -0.25) is 14.4 Å². The number of anilines is 1. The van der Waals surface area contributed by atoms with Gasteiger partial charge in [-0.2, -0.15) is 5.10 Å². The number of halogens is 1. The molecule has 29 heavy (non-hydrogen) atoms. The molecule has 1 amide bonds. The first-order valence-corrected chi connectivity index (χ1v) is 9.74. The molecule has 0 unspecified atom stereocenters. The lowest BCUT2D eigenvalue weighted by molar-refractivity contribution is 0.0980. The number of fused-ring (bicyclic) bond motifs is 1. The molecule has 158 valence electrons. The van der Waals surface area contributed by atoms with E-state index in [1.165, 1.54) is 11.3 Å². The second kappa shape index (κ2) is 9.91. The van der Waals surface area contributed by atoms with Crippen molar-refractivity contribution in [1.82, 2.24) is 19.7 Å². The first kappa shape index (κ1) is 22.9. The molecule has 0 aliphatic heterocycles. The minimum atomic E-state index is -0.170. The third-order valence-corrected chi connectivity index (χ3v) is 5.39. The van der Waals surface area contributed by atoms with Gasteiger partial charge in [0, 0.05) is 19.8 Å². The number of amides is 1. The van der Waals surface area contributed by atoms with Crippen LogP contribution in [0.1, 0.15) is 16.9 Å². The van der Waals surface area contributed by atoms with Crippen LogP contribution in [-0.4, -0.2) is 67.0 Å². The van der Waals surface area contributed by atoms with Gasteiger partial charge < -0.3 is 14.4 Å². The van der Waals surface area contributed by atoms with Gasteiger partial charge >= 0.3 is 0 Å². The molecule has 0 spiro atoms. The van der Waals surface area contributed by atoms with Gasteiger partial charge in [-0.05, 0) is 45.3 Å². The van der Waals surface area contributed by atoms with Crippen molar-refractivity contribution in [1.29, 1.82) is 0 Å². The van der Waals surface area contributed by atoms with E-state index in [1.807, 2.05) is 26.2 Å². The van der Waals surface area contributed by atoms with Crippen molar-refractivity contribution in [3.63, 3.8) is 0 Å². The zero-order valence-corrected chi connectivity index (χ0v) is 18.8. The maximum absolute atomic E-state index is 13.2. The number of methoxy groups -OCH3 is 2. The van der Waals surface area contributed by atoms with Crippen molar-refractivity contribution in [2.45, 2.75) is 6.42 Å². The maximum Gasteiger partial charge on any atom is 0.280 e. The summed E-state index contributed by atoms with van der Waals surface area (Å²) < 4.78 is 13.4. The first-order valence-electron chi connectivity index (χ1n) is 8.92. The van der Waals surface area contributed by atoms with Crippen molar-refractivity contribution < 1.29 is 14.3 Å². The molecular formula is C19H26ClN5O3S. The summed E-state index contributed by atoms with van der Waals surface area (Å²) in [7, 11) is 9.04. The number of carbonyl (C=O) groups excluding carboxylic acids is 1. The molecular weight excluding hydrogens is 414 g/mol. The number of benzene rings is 1. The van der Waals surface area contributed by atoms with Gasteiger partial charge in [0.05, 0.1) is 14.2 Å². The Kier molecular flexibility index (Phi) is 7.83. The number of hydrogen-bond acceptors (Lipinski definition) is 7. The molecule has 0 aliphatic carbocycles. The monoisotopic (exact) mass is 439 g/mol. The lowest BCUT2D eigenvalue weighted by Gasteiger charge is -2.20. The van der Waals surface area contributed by atoms with Crippen LogP contribution in [0, 0.1) is 0 Å². The van der Waals surface area contributed by atoms with Crippen LogP contribution < -0.4 is 14.4 Å². The fraction of sp³-hybridized carbons (Fsp3) is 0.421. The molecule has 0 aliphatic rings. The molecule has 1 aromatic carbocycles. The smallest absolute Gasteiger partial charge is 0.280 e. The molecule has 0 saturated carbocycles. The standard InChI is InChI=1S/C19H25N5O3S.ClH/c1-22(2)10-6-11-24(18(25)13-9-12-23(3)21-13)19-20-16-14(26-4)7-8-15(27-5)17(16)28-19;/h7-9,12H,6,10-11H2,1-5H3;1H. The molecule has 3 aromatic rings. The SMILES string of the molecule is COc1ccc(OC)c2sc(N(CCCN(C)C)C(=O)c3ccn(C)n3)nc12.Cl. The zero-order valence-electron chi connectivity index (χ0n) is 17.2. The van der Waals surface area contributed by atoms with Gasteiger partial charge in [0.25, 0.3) is 5.91 Å². The predicted octanol–water partition coefficient (Wildman–Crippen LogP) is 3.07. The number of nitrogens with zero attached hydrogens (tertiary/aromatic N) is 5. The Labute approximate surface area is 180 Å². The van der Waals surface area contributed by atoms with E-state index >= 15 is 0 Å². The summed E-state index contributed by atoms with van der Waals surface area (Å²) in [5.74, 6) is 1.19. The molecule has 0 radical (unpaired) electrons. The second-order valence-corrected chi connectivity index (χ2v) is 7.61. The maximum atomic E-state index is 13.2. The molecule has 2 heterocycles. The van der Waals surface area contributed by atoms with Crippen LogP contribution in [0.5, 0.6) is 11.5 Å². The Bertz CT molecular complexity index is 931. The number of rotatable bonds is 8. The third-order valence-electron chi connectivity index (χ3n) is 4.29. The second-order valence-electron chi connectivity index (χ2n) is 6.63. The van der Waals surface area contributed by atoms with Crippen LogP contribution in [0.25, 0.3) is 10.2 Å². The van der Waals surface area contributed by atoms with Crippen LogP contribution in [0.15, 0.2) is 24.4 Å². The summed E-state index contributed by atoms with van der Waals surface area (Å²) in [6.45, 7) is 1.40. The van der Waals surface area contributed by atoms with Gasteiger partial charge in [-0.25, -0.2) is 4.98 Å². The third kappa shape index (κ3) is 4.98. The largest absolute Gasteiger partial charge is 0.495 e. The summed E-state index contributed by atoms with van der Waals surface area (Å²) in [5, 5.41) is 4.87. The van der Waals surface area contributed by atoms with Gasteiger partial charge in [-0.15, -0.1) is 12.4 Å². The van der Waals surface area contributed by atoms with E-state index in [2.05, 4.69) is 10.00 Å². The summed E-state index contributed by atoms with van der Waals surface area (Å²) in [6.07, 6.45) is 2.57. The average molecular weight is 440 g/mol. The van der Waals surface area contributed by atoms with E-state index in [-0.39, 0.29) is 18.3 Å². The van der Waals surface area contributed by atoms with Crippen molar-refractivity contribution in [3.05, 3.63) is 30.1 Å². The number of aryl methyl sites for hydroxylation is 1. The molecule has 0 N–H and O–H groups in total. The van der Waals surface area contributed by atoms with E-state index < -0.39 is 0 Å². The number of carbonyl (C=O) groups is 1. The Morgan fingerprint density at radius 3 is 2.41 bits per heavy atom. The topological polar surface area (TPSA) is 72.7 Å². The van der Waals surface area contributed by atoms with Crippen LogP contribution in [0.2, 0.25) is 0 Å². The first-order chi connectivity index (χ1) is 13.4. The lowest BCUT2D eigenvalue weighted by Crippen LogP contribution is -2.33. The Balaban J connectivity index is 0.00000300. The highest BCUT2D eigenvalue weighted by atomic mass is 35.5. The van der Waals surface area contributed by atoms with Gasteiger partial charge in [0.15, 0.2) is 10.8 Å². The van der Waals surface area contributed by atoms with Crippen LogP contribution >= 0.6 is 23.7 Å². The molecule has 0 saturated heterocycles. The summed E-state index contributed by atoms with van der Waals surface area (Å²) >= 11 is 1.42. The fourth-order valence-electron chi connectivity index (χ4n) is 2.89.